The van der Waals surface area contributed by atoms with E-state index in [0.29, 0.717) is 12.3 Å². The standard InChI is InChI=1S/C13H21NO5S/c1-7(2)6-8(3)14-20(17,18)12-10(5)19-9(4)11(12)13(15)16/h7-8,14H,6H2,1-5H3,(H,15,16). The van der Waals surface area contributed by atoms with Crippen molar-refractivity contribution in [3.63, 3.8) is 0 Å². The zero-order chi connectivity index (χ0) is 15.7. The van der Waals surface area contributed by atoms with Gasteiger partial charge in [-0.2, -0.15) is 0 Å². The number of rotatable bonds is 6. The van der Waals surface area contributed by atoms with Crippen molar-refractivity contribution in [2.75, 3.05) is 0 Å². The fourth-order valence-corrected chi connectivity index (χ4v) is 3.98. The Balaban J connectivity index is 3.20. The highest BCUT2D eigenvalue weighted by Gasteiger charge is 2.31. The van der Waals surface area contributed by atoms with Gasteiger partial charge in [-0.3, -0.25) is 0 Å². The van der Waals surface area contributed by atoms with Crippen LogP contribution in [0.2, 0.25) is 0 Å². The molecular weight excluding hydrogens is 282 g/mol. The predicted octanol–water partition coefficient (Wildman–Crippen LogP) is 2.31. The Kier molecular flexibility index (Phi) is 4.99. The summed E-state index contributed by atoms with van der Waals surface area (Å²) >= 11 is 0. The molecule has 0 amide bonds. The monoisotopic (exact) mass is 303 g/mol. The average molecular weight is 303 g/mol. The number of aromatic carboxylic acids is 1. The van der Waals surface area contributed by atoms with E-state index in [1.165, 1.54) is 13.8 Å². The number of sulfonamides is 1. The van der Waals surface area contributed by atoms with Crippen LogP contribution in [0.25, 0.3) is 0 Å². The van der Waals surface area contributed by atoms with Crippen LogP contribution in [0.15, 0.2) is 9.31 Å². The lowest BCUT2D eigenvalue weighted by molar-refractivity contribution is 0.0691. The minimum atomic E-state index is -3.92. The Bertz CT molecular complexity index is 601. The minimum Gasteiger partial charge on any atom is -0.478 e. The summed E-state index contributed by atoms with van der Waals surface area (Å²) in [6.07, 6.45) is 0.664. The maximum atomic E-state index is 12.3. The highest BCUT2D eigenvalue weighted by Crippen LogP contribution is 2.26. The fraction of sp³-hybridized carbons (Fsp3) is 0.615. The molecule has 0 fully saturated rings. The van der Waals surface area contributed by atoms with E-state index in [1.807, 2.05) is 13.8 Å². The molecule has 0 saturated heterocycles. The molecule has 6 nitrogen and oxygen atoms in total. The number of furan rings is 1. The first-order valence-electron chi connectivity index (χ1n) is 6.41. The van der Waals surface area contributed by atoms with Crippen LogP contribution in [-0.2, 0) is 10.0 Å². The molecule has 0 bridgehead atoms. The molecule has 114 valence electrons. The highest BCUT2D eigenvalue weighted by molar-refractivity contribution is 7.89. The van der Waals surface area contributed by atoms with E-state index >= 15 is 0 Å². The molecule has 0 aromatic carbocycles. The van der Waals surface area contributed by atoms with E-state index in [-0.39, 0.29) is 28.0 Å². The third-order valence-corrected chi connectivity index (χ3v) is 4.61. The molecule has 0 aliphatic heterocycles. The molecule has 1 aromatic rings. The average Bonchev–Trinajstić information content (AvgIpc) is 2.51. The number of hydrogen-bond donors (Lipinski definition) is 2. The highest BCUT2D eigenvalue weighted by atomic mass is 32.2. The van der Waals surface area contributed by atoms with Crippen LogP contribution >= 0.6 is 0 Å². The van der Waals surface area contributed by atoms with Crippen LogP contribution in [0.1, 0.15) is 49.1 Å². The van der Waals surface area contributed by atoms with E-state index in [0.717, 1.165) is 0 Å². The van der Waals surface area contributed by atoms with Crippen molar-refractivity contribution in [1.29, 1.82) is 0 Å². The molecule has 0 radical (unpaired) electrons. The fourth-order valence-electron chi connectivity index (χ4n) is 2.31. The Morgan fingerprint density at radius 1 is 1.25 bits per heavy atom. The van der Waals surface area contributed by atoms with Gasteiger partial charge in [0.25, 0.3) is 0 Å². The minimum absolute atomic E-state index is 0.0872. The normalized spacial score (nSPS) is 13.7. The van der Waals surface area contributed by atoms with E-state index in [1.54, 1.807) is 6.92 Å². The summed E-state index contributed by atoms with van der Waals surface area (Å²) in [5, 5.41) is 9.15. The van der Waals surface area contributed by atoms with Gasteiger partial charge in [0, 0.05) is 6.04 Å². The molecule has 1 atom stereocenters. The van der Waals surface area contributed by atoms with Crippen molar-refractivity contribution < 1.29 is 22.7 Å². The molecule has 0 spiro atoms. The van der Waals surface area contributed by atoms with E-state index in [2.05, 4.69) is 4.72 Å². The number of hydrogen-bond acceptors (Lipinski definition) is 4. The SMILES string of the molecule is Cc1oc(C)c(S(=O)(=O)NC(C)CC(C)C)c1C(=O)O. The van der Waals surface area contributed by atoms with Gasteiger partial charge < -0.3 is 9.52 Å². The van der Waals surface area contributed by atoms with Crippen molar-refractivity contribution in [1.82, 2.24) is 4.72 Å². The maximum absolute atomic E-state index is 12.3. The molecule has 0 aliphatic rings. The second-order valence-corrected chi connectivity index (χ2v) is 7.03. The first kappa shape index (κ1) is 16.7. The van der Waals surface area contributed by atoms with Crippen molar-refractivity contribution >= 4 is 16.0 Å². The smallest absolute Gasteiger partial charge is 0.340 e. The quantitative estimate of drug-likeness (QED) is 0.840. The van der Waals surface area contributed by atoms with Crippen molar-refractivity contribution in [3.8, 4) is 0 Å². The van der Waals surface area contributed by atoms with E-state index in [9.17, 15) is 13.2 Å². The summed E-state index contributed by atoms with van der Waals surface area (Å²) in [5.74, 6) is -0.800. The Morgan fingerprint density at radius 2 is 1.80 bits per heavy atom. The third-order valence-electron chi connectivity index (χ3n) is 2.87. The summed E-state index contributed by atoms with van der Waals surface area (Å²) < 4.78 is 32.4. The molecule has 0 aliphatic carbocycles. The van der Waals surface area contributed by atoms with Crippen LogP contribution in [-0.4, -0.2) is 25.5 Å². The molecule has 1 rings (SSSR count). The van der Waals surface area contributed by atoms with Gasteiger partial charge in [0.05, 0.1) is 0 Å². The first-order chi connectivity index (χ1) is 9.06. The van der Waals surface area contributed by atoms with Gasteiger partial charge in [-0.15, -0.1) is 0 Å². The number of carboxylic acid groups (broad SMARTS) is 1. The van der Waals surface area contributed by atoms with Gasteiger partial charge in [-0.1, -0.05) is 13.8 Å². The van der Waals surface area contributed by atoms with Crippen LogP contribution in [0.3, 0.4) is 0 Å². The van der Waals surface area contributed by atoms with Gasteiger partial charge in [0.2, 0.25) is 10.0 Å². The topological polar surface area (TPSA) is 96.6 Å². The molecule has 1 heterocycles. The van der Waals surface area contributed by atoms with Crippen LogP contribution in [0, 0.1) is 19.8 Å². The lowest BCUT2D eigenvalue weighted by Crippen LogP contribution is -2.34. The Labute approximate surface area is 119 Å². The third kappa shape index (κ3) is 3.61. The first-order valence-corrected chi connectivity index (χ1v) is 7.90. The Hall–Kier alpha value is -1.34. The lowest BCUT2D eigenvalue weighted by Gasteiger charge is -2.16. The predicted molar refractivity (Wildman–Crippen MR) is 74.4 cm³/mol. The van der Waals surface area contributed by atoms with Gasteiger partial charge in [0.15, 0.2) is 0 Å². The number of carbonyl (C=O) groups is 1. The van der Waals surface area contributed by atoms with Crippen molar-refractivity contribution in [2.24, 2.45) is 5.92 Å². The lowest BCUT2D eigenvalue weighted by atomic mass is 10.1. The molecule has 2 N–H and O–H groups in total. The van der Waals surface area contributed by atoms with Gasteiger partial charge in [-0.25, -0.2) is 17.9 Å². The largest absolute Gasteiger partial charge is 0.478 e. The molecule has 1 unspecified atom stereocenters. The number of nitrogens with one attached hydrogen (secondary N) is 1. The zero-order valence-electron chi connectivity index (χ0n) is 12.4. The Morgan fingerprint density at radius 3 is 2.25 bits per heavy atom. The second-order valence-electron chi connectivity index (χ2n) is 5.38. The zero-order valence-corrected chi connectivity index (χ0v) is 13.2. The molecule has 0 saturated carbocycles. The molecule has 20 heavy (non-hydrogen) atoms. The second kappa shape index (κ2) is 5.97. The summed E-state index contributed by atoms with van der Waals surface area (Å²) in [7, 11) is -3.92. The number of aryl methyl sites for hydroxylation is 2. The maximum Gasteiger partial charge on any atom is 0.340 e. The van der Waals surface area contributed by atoms with Crippen molar-refractivity contribution in [2.45, 2.75) is 52.0 Å². The van der Waals surface area contributed by atoms with Crippen molar-refractivity contribution in [3.05, 3.63) is 17.1 Å². The number of carboxylic acids is 1. The molecular formula is C13H21NO5S. The molecule has 1 aromatic heterocycles. The van der Waals surface area contributed by atoms with Crippen LogP contribution in [0.4, 0.5) is 0 Å². The molecule has 7 heteroatoms. The van der Waals surface area contributed by atoms with Gasteiger partial charge >= 0.3 is 5.97 Å². The summed E-state index contributed by atoms with van der Waals surface area (Å²) in [4.78, 5) is 10.9. The van der Waals surface area contributed by atoms with Gasteiger partial charge in [-0.05, 0) is 33.1 Å². The van der Waals surface area contributed by atoms with Gasteiger partial charge in [0.1, 0.15) is 22.0 Å². The van der Waals surface area contributed by atoms with Crippen LogP contribution < -0.4 is 4.72 Å². The summed E-state index contributed by atoms with van der Waals surface area (Å²) in [6, 6.07) is -0.281. The van der Waals surface area contributed by atoms with E-state index in [4.69, 9.17) is 9.52 Å². The van der Waals surface area contributed by atoms with Crippen LogP contribution in [0.5, 0.6) is 0 Å². The summed E-state index contributed by atoms with van der Waals surface area (Å²) in [5.41, 5.74) is -0.299. The van der Waals surface area contributed by atoms with E-state index < -0.39 is 16.0 Å². The summed E-state index contributed by atoms with van der Waals surface area (Å²) in [6.45, 7) is 8.61.